The van der Waals surface area contributed by atoms with E-state index in [1.54, 1.807) is 6.92 Å². The molecule has 0 fully saturated rings. The molecule has 82 valence electrons. The molecule has 0 aliphatic heterocycles. The van der Waals surface area contributed by atoms with Gasteiger partial charge in [-0.3, -0.25) is 0 Å². The van der Waals surface area contributed by atoms with Crippen LogP contribution in [0.15, 0.2) is 36.4 Å². The summed E-state index contributed by atoms with van der Waals surface area (Å²) in [5, 5.41) is 15.6. The summed E-state index contributed by atoms with van der Waals surface area (Å²) in [4.78, 5) is 0. The highest BCUT2D eigenvalue weighted by Gasteiger charge is 1.69. The van der Waals surface area contributed by atoms with Crippen LogP contribution in [0.1, 0.15) is 26.7 Å². The Hall–Kier alpha value is -0.860. The molecule has 0 atom stereocenters. The van der Waals surface area contributed by atoms with Crippen LogP contribution in [0.5, 0.6) is 0 Å². The largest absolute Gasteiger partial charge is 0.397 e. The standard InChI is InChI=1S/C6H6.C4H10O.C2H6O/c1-2-4-6-5-3-1;1-2-3-4-5;1-2-3/h1-6H;5H,2-4H2,1H3;3H,2H2,1H3. The summed E-state index contributed by atoms with van der Waals surface area (Å²) in [7, 11) is 0. The monoisotopic (exact) mass is 198 g/mol. The van der Waals surface area contributed by atoms with Gasteiger partial charge in [0.2, 0.25) is 0 Å². The molecule has 0 aliphatic rings. The summed E-state index contributed by atoms with van der Waals surface area (Å²) in [5.41, 5.74) is 0. The third kappa shape index (κ3) is 22.5. The van der Waals surface area contributed by atoms with E-state index in [4.69, 9.17) is 10.2 Å². The van der Waals surface area contributed by atoms with Crippen molar-refractivity contribution in [3.8, 4) is 0 Å². The first kappa shape index (κ1) is 15.6. The summed E-state index contributed by atoms with van der Waals surface area (Å²) >= 11 is 0. The zero-order chi connectivity index (χ0) is 11.1. The smallest absolute Gasteiger partial charge is 0.0430 e. The van der Waals surface area contributed by atoms with E-state index < -0.39 is 0 Å². The van der Waals surface area contributed by atoms with Gasteiger partial charge in [-0.25, -0.2) is 0 Å². The number of aliphatic hydroxyl groups is 2. The molecular formula is C12H22O2. The quantitative estimate of drug-likeness (QED) is 0.766. The Morgan fingerprint density at radius 3 is 1.14 bits per heavy atom. The highest BCUT2D eigenvalue weighted by atomic mass is 16.3. The zero-order valence-corrected chi connectivity index (χ0v) is 9.19. The van der Waals surface area contributed by atoms with Gasteiger partial charge in [-0.1, -0.05) is 49.7 Å². The molecule has 2 N–H and O–H groups in total. The van der Waals surface area contributed by atoms with Gasteiger partial charge >= 0.3 is 0 Å². The molecule has 0 spiro atoms. The van der Waals surface area contributed by atoms with Crippen LogP contribution in [0, 0.1) is 0 Å². The molecule has 1 rings (SSSR count). The van der Waals surface area contributed by atoms with Gasteiger partial charge in [0.15, 0.2) is 0 Å². The van der Waals surface area contributed by atoms with Crippen molar-refractivity contribution in [2.45, 2.75) is 26.7 Å². The predicted octanol–water partition coefficient (Wildman–Crippen LogP) is 2.46. The Kier molecular flexibility index (Phi) is 20.1. The summed E-state index contributed by atoms with van der Waals surface area (Å²) < 4.78 is 0. The second kappa shape index (κ2) is 18.0. The average molecular weight is 198 g/mol. The second-order valence-corrected chi connectivity index (χ2v) is 2.55. The number of aliphatic hydroxyl groups excluding tert-OH is 2. The van der Waals surface area contributed by atoms with E-state index in [1.807, 2.05) is 36.4 Å². The number of unbranched alkanes of at least 4 members (excludes halogenated alkanes) is 1. The fourth-order valence-electron chi connectivity index (χ4n) is 0.543. The lowest BCUT2D eigenvalue weighted by Gasteiger charge is -1.79. The molecule has 2 nitrogen and oxygen atoms in total. The third-order valence-corrected chi connectivity index (χ3v) is 1.18. The molecule has 1 aromatic carbocycles. The van der Waals surface area contributed by atoms with E-state index in [1.165, 1.54) is 0 Å². The van der Waals surface area contributed by atoms with Gasteiger partial charge in [0.05, 0.1) is 0 Å². The van der Waals surface area contributed by atoms with Gasteiger partial charge in [0, 0.05) is 13.2 Å². The molecule has 0 aromatic heterocycles. The third-order valence-electron chi connectivity index (χ3n) is 1.18. The molecule has 0 heterocycles. The van der Waals surface area contributed by atoms with Crippen LogP contribution in [0.4, 0.5) is 0 Å². The van der Waals surface area contributed by atoms with Crippen LogP contribution in [0.2, 0.25) is 0 Å². The lowest BCUT2D eigenvalue weighted by molar-refractivity contribution is 0.287. The lowest BCUT2D eigenvalue weighted by atomic mass is 10.4. The van der Waals surface area contributed by atoms with E-state index in [-0.39, 0.29) is 6.61 Å². The Balaban J connectivity index is 0. The minimum absolute atomic E-state index is 0.250. The van der Waals surface area contributed by atoms with Crippen molar-refractivity contribution < 1.29 is 10.2 Å². The van der Waals surface area contributed by atoms with Crippen molar-refractivity contribution in [3.63, 3.8) is 0 Å². The maximum absolute atomic E-state index is 8.07. The van der Waals surface area contributed by atoms with E-state index in [2.05, 4.69) is 6.92 Å². The minimum atomic E-state index is 0.250. The van der Waals surface area contributed by atoms with Crippen molar-refractivity contribution in [2.75, 3.05) is 13.2 Å². The van der Waals surface area contributed by atoms with E-state index >= 15 is 0 Å². The van der Waals surface area contributed by atoms with Crippen LogP contribution in [0.3, 0.4) is 0 Å². The van der Waals surface area contributed by atoms with Gasteiger partial charge in [-0.05, 0) is 13.3 Å². The van der Waals surface area contributed by atoms with Gasteiger partial charge in [-0.15, -0.1) is 0 Å². The molecule has 0 aliphatic carbocycles. The van der Waals surface area contributed by atoms with Crippen LogP contribution in [0.25, 0.3) is 0 Å². The summed E-state index contributed by atoms with van der Waals surface area (Å²) in [6, 6.07) is 12.0. The Morgan fingerprint density at radius 2 is 1.07 bits per heavy atom. The van der Waals surface area contributed by atoms with Gasteiger partial charge in [0.25, 0.3) is 0 Å². The molecule has 0 radical (unpaired) electrons. The van der Waals surface area contributed by atoms with Crippen molar-refractivity contribution in [3.05, 3.63) is 36.4 Å². The maximum atomic E-state index is 8.07. The average Bonchev–Trinajstić information content (AvgIpc) is 2.24. The number of hydrogen-bond acceptors (Lipinski definition) is 2. The Morgan fingerprint density at radius 1 is 0.786 bits per heavy atom. The fourth-order valence-corrected chi connectivity index (χ4v) is 0.543. The van der Waals surface area contributed by atoms with Gasteiger partial charge in [0.1, 0.15) is 0 Å². The van der Waals surface area contributed by atoms with Crippen LogP contribution >= 0.6 is 0 Å². The summed E-state index contributed by atoms with van der Waals surface area (Å²) in [5.74, 6) is 0. The molecule has 0 saturated carbocycles. The van der Waals surface area contributed by atoms with Gasteiger partial charge in [-0.2, -0.15) is 0 Å². The number of hydrogen-bond donors (Lipinski definition) is 2. The molecule has 2 heteroatoms. The second-order valence-electron chi connectivity index (χ2n) is 2.55. The van der Waals surface area contributed by atoms with Crippen molar-refractivity contribution >= 4 is 0 Å². The van der Waals surface area contributed by atoms with Crippen molar-refractivity contribution in [1.82, 2.24) is 0 Å². The first-order valence-electron chi connectivity index (χ1n) is 5.05. The maximum Gasteiger partial charge on any atom is 0.0430 e. The fraction of sp³-hybridized carbons (Fsp3) is 0.500. The van der Waals surface area contributed by atoms with Crippen molar-refractivity contribution in [1.29, 1.82) is 0 Å². The number of benzene rings is 1. The highest BCUT2D eigenvalue weighted by molar-refractivity contribution is 4.99. The SMILES string of the molecule is CCCCO.CCO.c1ccccc1. The normalized spacial score (nSPS) is 7.71. The summed E-state index contributed by atoms with van der Waals surface area (Å²) in [6.45, 7) is 4.33. The molecule has 0 bridgehead atoms. The minimum Gasteiger partial charge on any atom is -0.397 e. The molecule has 1 aromatic rings. The topological polar surface area (TPSA) is 40.5 Å². The first-order valence-corrected chi connectivity index (χ1v) is 5.05. The molecular weight excluding hydrogens is 176 g/mol. The van der Waals surface area contributed by atoms with Crippen LogP contribution < -0.4 is 0 Å². The molecule has 0 saturated heterocycles. The highest BCUT2D eigenvalue weighted by Crippen LogP contribution is 1.80. The zero-order valence-electron chi connectivity index (χ0n) is 9.19. The molecule has 0 amide bonds. The molecule has 14 heavy (non-hydrogen) atoms. The molecule has 0 unspecified atom stereocenters. The van der Waals surface area contributed by atoms with E-state index in [0.717, 1.165) is 12.8 Å². The number of rotatable bonds is 2. The van der Waals surface area contributed by atoms with Crippen LogP contribution in [-0.4, -0.2) is 23.4 Å². The van der Waals surface area contributed by atoms with Crippen LogP contribution in [-0.2, 0) is 0 Å². The summed E-state index contributed by atoms with van der Waals surface area (Å²) in [6.07, 6.45) is 2.04. The van der Waals surface area contributed by atoms with E-state index in [0.29, 0.717) is 6.61 Å². The van der Waals surface area contributed by atoms with E-state index in [9.17, 15) is 0 Å². The van der Waals surface area contributed by atoms with Gasteiger partial charge < -0.3 is 10.2 Å². The Bertz CT molecular complexity index is 123. The van der Waals surface area contributed by atoms with Crippen molar-refractivity contribution in [2.24, 2.45) is 0 Å². The Labute approximate surface area is 87.2 Å². The lowest BCUT2D eigenvalue weighted by Crippen LogP contribution is -1.75. The first-order chi connectivity index (χ1) is 6.83. The predicted molar refractivity (Wildman–Crippen MR) is 61.2 cm³/mol.